The third kappa shape index (κ3) is 5.15. The van der Waals surface area contributed by atoms with E-state index < -0.39 is 0 Å². The Morgan fingerprint density at radius 2 is 2.15 bits per heavy atom. The van der Waals surface area contributed by atoms with Crippen LogP contribution < -0.4 is 0 Å². The molecule has 0 spiro atoms. The van der Waals surface area contributed by atoms with Gasteiger partial charge in [-0.25, -0.2) is 0 Å². The van der Waals surface area contributed by atoms with Crippen molar-refractivity contribution in [1.82, 2.24) is 4.90 Å². The maximum Gasteiger partial charge on any atom is 0.0597 e. The Balaban J connectivity index is 0.00000200. The lowest BCUT2D eigenvalue weighted by Gasteiger charge is -2.12. The first-order chi connectivity index (χ1) is 9.29. The molecule has 0 unspecified atom stereocenters. The Hall–Kier alpha value is -1.05. The van der Waals surface area contributed by atoms with Gasteiger partial charge in [0.15, 0.2) is 0 Å². The molecule has 0 amide bonds. The van der Waals surface area contributed by atoms with Gasteiger partial charge in [-0.15, -0.1) is 30.2 Å². The second kappa shape index (κ2) is 8.99. The van der Waals surface area contributed by atoms with E-state index in [-0.39, 0.29) is 12.4 Å². The summed E-state index contributed by atoms with van der Waals surface area (Å²) in [6, 6.07) is 8.79. The summed E-state index contributed by atoms with van der Waals surface area (Å²) >= 11 is 1.78. The number of hydrogen-bond donors (Lipinski definition) is 0. The number of nitrogens with zero attached hydrogens (tertiary/aromatic N) is 1. The standard InChI is InChI=1S/C16H19NOS.ClH/c1-3-8-17(2)9-11-18-10-6-14-4-5-16-15(13-14)7-12-19-16;/h1,4-5,7,12-13H,6,8-11H2,2H3;1H. The SMILES string of the molecule is C#CCN(C)CCOCCc1ccc2sccc2c1.Cl. The highest BCUT2D eigenvalue weighted by molar-refractivity contribution is 7.17. The lowest BCUT2D eigenvalue weighted by atomic mass is 10.1. The molecule has 0 atom stereocenters. The fourth-order valence-electron chi connectivity index (χ4n) is 1.92. The van der Waals surface area contributed by atoms with E-state index in [1.54, 1.807) is 11.3 Å². The fraction of sp³-hybridized carbons (Fsp3) is 0.375. The molecule has 2 nitrogen and oxygen atoms in total. The molecule has 0 aliphatic carbocycles. The molecule has 2 rings (SSSR count). The highest BCUT2D eigenvalue weighted by Gasteiger charge is 1.99. The third-order valence-electron chi connectivity index (χ3n) is 3.03. The summed E-state index contributed by atoms with van der Waals surface area (Å²) in [5.74, 6) is 2.62. The molecule has 0 bridgehead atoms. The molecule has 108 valence electrons. The second-order valence-electron chi connectivity index (χ2n) is 4.60. The number of fused-ring (bicyclic) bond motifs is 1. The van der Waals surface area contributed by atoms with E-state index in [4.69, 9.17) is 11.2 Å². The molecule has 1 heterocycles. The van der Waals surface area contributed by atoms with Crippen LogP contribution in [-0.2, 0) is 11.2 Å². The zero-order valence-electron chi connectivity index (χ0n) is 11.7. The minimum Gasteiger partial charge on any atom is -0.380 e. The average molecular weight is 310 g/mol. The molecule has 0 saturated heterocycles. The summed E-state index contributed by atoms with van der Waals surface area (Å²) in [6.45, 7) is 3.06. The van der Waals surface area contributed by atoms with Crippen LogP contribution in [-0.4, -0.2) is 38.3 Å². The van der Waals surface area contributed by atoms with Crippen LogP contribution in [0.3, 0.4) is 0 Å². The Labute approximate surface area is 131 Å². The average Bonchev–Trinajstić information content (AvgIpc) is 2.86. The van der Waals surface area contributed by atoms with Gasteiger partial charge in [-0.2, -0.15) is 0 Å². The van der Waals surface area contributed by atoms with Crippen LogP contribution in [0.1, 0.15) is 5.56 Å². The number of likely N-dealkylation sites (N-methyl/N-ethyl adjacent to an activating group) is 1. The smallest absolute Gasteiger partial charge is 0.0597 e. The lowest BCUT2D eigenvalue weighted by Crippen LogP contribution is -2.23. The monoisotopic (exact) mass is 309 g/mol. The molecule has 1 aromatic heterocycles. The Bertz CT molecular complexity index is 561. The van der Waals surface area contributed by atoms with Crippen LogP contribution in [0.4, 0.5) is 0 Å². The summed E-state index contributed by atoms with van der Waals surface area (Å²) in [6.07, 6.45) is 6.20. The molecule has 0 radical (unpaired) electrons. The zero-order valence-corrected chi connectivity index (χ0v) is 13.3. The summed E-state index contributed by atoms with van der Waals surface area (Å²) in [5, 5.41) is 3.46. The second-order valence-corrected chi connectivity index (χ2v) is 5.54. The number of rotatable bonds is 7. The zero-order chi connectivity index (χ0) is 13.5. The molecule has 20 heavy (non-hydrogen) atoms. The quantitative estimate of drug-likeness (QED) is 0.574. The van der Waals surface area contributed by atoms with Crippen molar-refractivity contribution in [2.75, 3.05) is 33.4 Å². The van der Waals surface area contributed by atoms with Gasteiger partial charge < -0.3 is 4.74 Å². The van der Waals surface area contributed by atoms with Crippen LogP contribution in [0.15, 0.2) is 29.6 Å². The minimum absolute atomic E-state index is 0. The van der Waals surface area contributed by atoms with Crippen LogP contribution in [0.5, 0.6) is 0 Å². The van der Waals surface area contributed by atoms with Gasteiger partial charge in [0.1, 0.15) is 0 Å². The third-order valence-corrected chi connectivity index (χ3v) is 3.93. The van der Waals surface area contributed by atoms with Gasteiger partial charge in [-0.3, -0.25) is 4.90 Å². The van der Waals surface area contributed by atoms with E-state index in [1.807, 2.05) is 7.05 Å². The summed E-state index contributed by atoms with van der Waals surface area (Å²) in [5.41, 5.74) is 1.34. The van der Waals surface area contributed by atoms with Crippen molar-refractivity contribution < 1.29 is 4.74 Å². The van der Waals surface area contributed by atoms with E-state index >= 15 is 0 Å². The number of hydrogen-bond acceptors (Lipinski definition) is 3. The maximum absolute atomic E-state index is 5.64. The summed E-state index contributed by atoms with van der Waals surface area (Å²) in [7, 11) is 2.01. The first-order valence-corrected chi connectivity index (χ1v) is 7.33. The van der Waals surface area contributed by atoms with Crippen LogP contribution in [0, 0.1) is 12.3 Å². The van der Waals surface area contributed by atoms with Crippen molar-refractivity contribution in [2.45, 2.75) is 6.42 Å². The van der Waals surface area contributed by atoms with E-state index in [0.29, 0.717) is 6.54 Å². The predicted molar refractivity (Wildman–Crippen MR) is 89.9 cm³/mol. The molecular formula is C16H20ClNOS. The highest BCUT2D eigenvalue weighted by atomic mass is 35.5. The highest BCUT2D eigenvalue weighted by Crippen LogP contribution is 2.21. The summed E-state index contributed by atoms with van der Waals surface area (Å²) in [4.78, 5) is 2.08. The molecule has 0 fully saturated rings. The van der Waals surface area contributed by atoms with Gasteiger partial charge in [-0.05, 0) is 41.9 Å². The van der Waals surface area contributed by atoms with Gasteiger partial charge in [-0.1, -0.05) is 18.1 Å². The van der Waals surface area contributed by atoms with Crippen molar-refractivity contribution in [1.29, 1.82) is 0 Å². The normalized spacial score (nSPS) is 10.4. The maximum atomic E-state index is 5.64. The van der Waals surface area contributed by atoms with Crippen LogP contribution in [0.25, 0.3) is 10.1 Å². The van der Waals surface area contributed by atoms with E-state index in [9.17, 15) is 0 Å². The number of terminal acetylenes is 1. The molecular weight excluding hydrogens is 290 g/mol. The number of ether oxygens (including phenoxy) is 1. The van der Waals surface area contributed by atoms with Gasteiger partial charge in [0, 0.05) is 11.2 Å². The van der Waals surface area contributed by atoms with E-state index in [0.717, 1.165) is 26.2 Å². The Morgan fingerprint density at radius 1 is 1.30 bits per heavy atom. The van der Waals surface area contributed by atoms with Crippen molar-refractivity contribution in [3.63, 3.8) is 0 Å². The molecule has 4 heteroatoms. The molecule has 0 N–H and O–H groups in total. The van der Waals surface area contributed by atoms with E-state index in [1.165, 1.54) is 15.6 Å². The Morgan fingerprint density at radius 3 is 2.95 bits per heavy atom. The largest absolute Gasteiger partial charge is 0.380 e. The van der Waals surface area contributed by atoms with Gasteiger partial charge >= 0.3 is 0 Å². The molecule has 2 aromatic rings. The van der Waals surface area contributed by atoms with Crippen LogP contribution >= 0.6 is 23.7 Å². The van der Waals surface area contributed by atoms with Gasteiger partial charge in [0.25, 0.3) is 0 Å². The Kier molecular flexibility index (Phi) is 7.64. The van der Waals surface area contributed by atoms with Crippen molar-refractivity contribution in [3.05, 3.63) is 35.2 Å². The fourth-order valence-corrected chi connectivity index (χ4v) is 2.69. The topological polar surface area (TPSA) is 12.5 Å². The first kappa shape index (κ1) is 17.0. The predicted octanol–water partition coefficient (Wildman–Crippen LogP) is 3.45. The first-order valence-electron chi connectivity index (χ1n) is 6.45. The number of thiophene rings is 1. The number of benzene rings is 1. The van der Waals surface area contributed by atoms with Crippen molar-refractivity contribution >= 4 is 33.8 Å². The lowest BCUT2D eigenvalue weighted by molar-refractivity contribution is 0.117. The number of halogens is 1. The van der Waals surface area contributed by atoms with Crippen molar-refractivity contribution in [2.24, 2.45) is 0 Å². The minimum atomic E-state index is 0. The van der Waals surface area contributed by atoms with E-state index in [2.05, 4.69) is 40.5 Å². The van der Waals surface area contributed by atoms with Crippen LogP contribution in [0.2, 0.25) is 0 Å². The molecule has 0 aliphatic rings. The van der Waals surface area contributed by atoms with Crippen molar-refractivity contribution in [3.8, 4) is 12.3 Å². The molecule has 0 aliphatic heterocycles. The van der Waals surface area contributed by atoms with Gasteiger partial charge in [0.05, 0.1) is 19.8 Å². The molecule has 1 aromatic carbocycles. The van der Waals surface area contributed by atoms with Gasteiger partial charge in [0.2, 0.25) is 0 Å². The summed E-state index contributed by atoms with van der Waals surface area (Å²) < 4.78 is 6.99. The molecule has 0 saturated carbocycles.